The fraction of sp³-hybridized carbons (Fsp3) is 0.455. The summed E-state index contributed by atoms with van der Waals surface area (Å²) in [5.74, 6) is 0. The maximum atomic E-state index is 3.96. The summed E-state index contributed by atoms with van der Waals surface area (Å²) in [7, 11) is 0. The second-order valence-corrected chi connectivity index (χ2v) is 3.03. The predicted molar refractivity (Wildman–Crippen MR) is 50.5 cm³/mol. The van der Waals surface area contributed by atoms with Crippen LogP contribution in [-0.4, -0.2) is 0 Å². The minimum atomic E-state index is 1.21. The van der Waals surface area contributed by atoms with Crippen LogP contribution in [0.25, 0.3) is 0 Å². The maximum absolute atomic E-state index is 3.96. The van der Waals surface area contributed by atoms with Crippen molar-refractivity contribution < 1.29 is 0 Å². The van der Waals surface area contributed by atoms with E-state index in [1.807, 2.05) is 0 Å². The van der Waals surface area contributed by atoms with Gasteiger partial charge in [-0.15, -0.1) is 0 Å². The summed E-state index contributed by atoms with van der Waals surface area (Å²) in [6.45, 7) is 6.19. The summed E-state index contributed by atoms with van der Waals surface area (Å²) in [4.78, 5) is 0. The molecule has 0 N–H and O–H groups in total. The highest BCUT2D eigenvalue weighted by Crippen LogP contribution is 2.21. The van der Waals surface area contributed by atoms with Gasteiger partial charge in [0.1, 0.15) is 0 Å². The molecule has 0 bridgehead atoms. The van der Waals surface area contributed by atoms with Gasteiger partial charge in [0.2, 0.25) is 0 Å². The number of rotatable bonds is 4. The van der Waals surface area contributed by atoms with E-state index < -0.39 is 0 Å². The Bertz CT molecular complexity index is 194. The first kappa shape index (κ1) is 8.32. The van der Waals surface area contributed by atoms with Gasteiger partial charge >= 0.3 is 0 Å². The van der Waals surface area contributed by atoms with E-state index in [2.05, 4.69) is 31.7 Å². The van der Waals surface area contributed by atoms with Crippen LogP contribution in [0.1, 0.15) is 32.6 Å². The van der Waals surface area contributed by atoms with E-state index in [-0.39, 0.29) is 0 Å². The fourth-order valence-corrected chi connectivity index (χ4v) is 1.30. The molecule has 0 aliphatic heterocycles. The third kappa shape index (κ3) is 2.38. The molecule has 0 atom stereocenters. The number of hydrogen-bond donors (Lipinski definition) is 0. The summed E-state index contributed by atoms with van der Waals surface area (Å²) in [5, 5.41) is 0. The Hall–Kier alpha value is -0.780. The largest absolute Gasteiger partial charge is 0.0915 e. The van der Waals surface area contributed by atoms with E-state index >= 15 is 0 Å². The summed E-state index contributed by atoms with van der Waals surface area (Å²) in [5.41, 5.74) is 2.64. The SMILES string of the molecule is C=C1C=CC=C1CCCCC. The van der Waals surface area contributed by atoms with Gasteiger partial charge in [-0.05, 0) is 24.0 Å². The lowest BCUT2D eigenvalue weighted by Crippen LogP contribution is -1.82. The highest BCUT2D eigenvalue weighted by Gasteiger charge is 2.02. The molecule has 0 aromatic rings. The van der Waals surface area contributed by atoms with E-state index in [9.17, 15) is 0 Å². The average molecular weight is 148 g/mol. The molecule has 0 aromatic carbocycles. The Morgan fingerprint density at radius 1 is 1.36 bits per heavy atom. The third-order valence-electron chi connectivity index (χ3n) is 2.06. The van der Waals surface area contributed by atoms with Gasteiger partial charge in [0.25, 0.3) is 0 Å². The van der Waals surface area contributed by atoms with Crippen molar-refractivity contribution in [1.82, 2.24) is 0 Å². The van der Waals surface area contributed by atoms with Crippen molar-refractivity contribution in [3.05, 3.63) is 36.0 Å². The van der Waals surface area contributed by atoms with Gasteiger partial charge in [0, 0.05) is 0 Å². The number of allylic oxidation sites excluding steroid dienone is 5. The zero-order valence-corrected chi connectivity index (χ0v) is 7.27. The molecule has 0 unspecified atom stereocenters. The van der Waals surface area contributed by atoms with Gasteiger partial charge in [0.05, 0.1) is 0 Å². The van der Waals surface area contributed by atoms with Crippen LogP contribution in [-0.2, 0) is 0 Å². The fourth-order valence-electron chi connectivity index (χ4n) is 1.30. The molecule has 0 amide bonds. The maximum Gasteiger partial charge on any atom is -0.0273 e. The lowest BCUT2D eigenvalue weighted by Gasteiger charge is -2.01. The van der Waals surface area contributed by atoms with Crippen molar-refractivity contribution in [3.63, 3.8) is 0 Å². The van der Waals surface area contributed by atoms with Crippen molar-refractivity contribution in [1.29, 1.82) is 0 Å². The Kier molecular flexibility index (Phi) is 3.15. The van der Waals surface area contributed by atoms with Gasteiger partial charge in [-0.3, -0.25) is 0 Å². The minimum absolute atomic E-state index is 1.21. The van der Waals surface area contributed by atoms with Crippen LogP contribution in [0.15, 0.2) is 36.0 Å². The molecule has 0 saturated carbocycles. The molecule has 0 heteroatoms. The molecule has 0 aromatic heterocycles. The molecule has 0 saturated heterocycles. The van der Waals surface area contributed by atoms with Crippen LogP contribution in [0.5, 0.6) is 0 Å². The number of unbranched alkanes of at least 4 members (excludes halogenated alkanes) is 2. The Balaban J connectivity index is 2.23. The summed E-state index contributed by atoms with van der Waals surface area (Å²) < 4.78 is 0. The van der Waals surface area contributed by atoms with Gasteiger partial charge in [-0.1, -0.05) is 44.6 Å². The Morgan fingerprint density at radius 2 is 2.18 bits per heavy atom. The van der Waals surface area contributed by atoms with E-state index in [0.717, 1.165) is 0 Å². The molecule has 0 spiro atoms. The topological polar surface area (TPSA) is 0 Å². The lowest BCUT2D eigenvalue weighted by molar-refractivity contribution is 0.718. The van der Waals surface area contributed by atoms with Crippen molar-refractivity contribution in [2.75, 3.05) is 0 Å². The first-order valence-corrected chi connectivity index (χ1v) is 4.41. The van der Waals surface area contributed by atoms with Gasteiger partial charge < -0.3 is 0 Å². The lowest BCUT2D eigenvalue weighted by atomic mass is 10.0. The van der Waals surface area contributed by atoms with Crippen LogP contribution >= 0.6 is 0 Å². The van der Waals surface area contributed by atoms with Gasteiger partial charge in [0.15, 0.2) is 0 Å². The summed E-state index contributed by atoms with van der Waals surface area (Å²) in [6, 6.07) is 0. The Morgan fingerprint density at radius 3 is 2.73 bits per heavy atom. The smallest absolute Gasteiger partial charge is 0.0273 e. The molecular weight excluding hydrogens is 132 g/mol. The highest BCUT2D eigenvalue weighted by atomic mass is 14.1. The molecule has 1 aliphatic carbocycles. The van der Waals surface area contributed by atoms with E-state index in [1.54, 1.807) is 0 Å². The standard InChI is InChI=1S/C11H16/c1-3-4-5-8-11-9-6-7-10(11)2/h6-7,9H,2-5,8H2,1H3. The normalized spacial score (nSPS) is 15.7. The summed E-state index contributed by atoms with van der Waals surface area (Å²) in [6.07, 6.45) is 11.5. The second-order valence-electron chi connectivity index (χ2n) is 3.03. The van der Waals surface area contributed by atoms with Crippen molar-refractivity contribution in [3.8, 4) is 0 Å². The first-order chi connectivity index (χ1) is 5.34. The van der Waals surface area contributed by atoms with Crippen LogP contribution in [0.3, 0.4) is 0 Å². The van der Waals surface area contributed by atoms with Crippen LogP contribution in [0.4, 0.5) is 0 Å². The average Bonchev–Trinajstić information content (AvgIpc) is 2.37. The van der Waals surface area contributed by atoms with Crippen LogP contribution in [0, 0.1) is 0 Å². The van der Waals surface area contributed by atoms with E-state index in [0.29, 0.717) is 0 Å². The molecule has 0 heterocycles. The van der Waals surface area contributed by atoms with Crippen molar-refractivity contribution in [2.24, 2.45) is 0 Å². The molecule has 1 aliphatic rings. The van der Waals surface area contributed by atoms with Gasteiger partial charge in [-0.2, -0.15) is 0 Å². The monoisotopic (exact) mass is 148 g/mol. The third-order valence-corrected chi connectivity index (χ3v) is 2.06. The molecule has 0 fully saturated rings. The van der Waals surface area contributed by atoms with E-state index in [1.165, 1.54) is 36.8 Å². The van der Waals surface area contributed by atoms with Crippen LogP contribution < -0.4 is 0 Å². The van der Waals surface area contributed by atoms with Crippen LogP contribution in [0.2, 0.25) is 0 Å². The first-order valence-electron chi connectivity index (χ1n) is 4.41. The van der Waals surface area contributed by atoms with Crippen molar-refractivity contribution >= 4 is 0 Å². The molecule has 0 radical (unpaired) electrons. The highest BCUT2D eigenvalue weighted by molar-refractivity contribution is 5.46. The zero-order chi connectivity index (χ0) is 8.10. The second kappa shape index (κ2) is 4.17. The van der Waals surface area contributed by atoms with Crippen molar-refractivity contribution in [2.45, 2.75) is 32.6 Å². The Labute approximate surface area is 69.3 Å². The molecule has 11 heavy (non-hydrogen) atoms. The zero-order valence-electron chi connectivity index (χ0n) is 7.27. The molecular formula is C11H16. The minimum Gasteiger partial charge on any atom is -0.0915 e. The van der Waals surface area contributed by atoms with E-state index in [4.69, 9.17) is 0 Å². The summed E-state index contributed by atoms with van der Waals surface area (Å²) >= 11 is 0. The predicted octanol–water partition coefficient (Wildman–Crippen LogP) is 3.62. The molecule has 60 valence electrons. The number of hydrogen-bond acceptors (Lipinski definition) is 0. The quantitative estimate of drug-likeness (QED) is 0.534. The molecule has 0 nitrogen and oxygen atoms in total. The molecule has 1 rings (SSSR count). The van der Waals surface area contributed by atoms with Gasteiger partial charge in [-0.25, -0.2) is 0 Å².